The van der Waals surface area contributed by atoms with Gasteiger partial charge in [-0.1, -0.05) is 30.3 Å². The molecular formula is C26H36N4O3. The minimum Gasteiger partial charge on any atom is -0.508 e. The van der Waals surface area contributed by atoms with Crippen molar-refractivity contribution in [3.8, 4) is 11.5 Å². The van der Waals surface area contributed by atoms with Gasteiger partial charge >= 0.3 is 0 Å². The highest BCUT2D eigenvalue weighted by atomic mass is 16.5. The Hall–Kier alpha value is -2.61. The zero-order chi connectivity index (χ0) is 23.0. The van der Waals surface area contributed by atoms with Crippen LogP contribution in [0.4, 0.5) is 0 Å². The number of hydrogen-bond donors (Lipinski definition) is 1. The quantitative estimate of drug-likeness (QED) is 0.660. The molecule has 2 saturated heterocycles. The number of nitrogens with zero attached hydrogens (tertiary/aromatic N) is 4. The van der Waals surface area contributed by atoms with E-state index in [1.807, 2.05) is 4.90 Å². The van der Waals surface area contributed by atoms with E-state index >= 15 is 0 Å². The van der Waals surface area contributed by atoms with Gasteiger partial charge in [-0.15, -0.1) is 0 Å². The Labute approximate surface area is 197 Å². The number of piperazine rings is 2. The topological polar surface area (TPSA) is 59.5 Å². The maximum atomic E-state index is 12.9. The fraction of sp³-hybridized carbons (Fsp3) is 0.500. The standard InChI is InChI=1S/C26H36N4O3/c1-33-25-8-7-24(31)19-23(25)20-28-15-17-30(18-16-28)26(32)21-29-13-11-27(12-14-29)10-9-22-5-3-2-4-6-22/h2-8,19,31H,9-18,20-21H2,1H3. The van der Waals surface area contributed by atoms with Crippen LogP contribution >= 0.6 is 0 Å². The molecule has 33 heavy (non-hydrogen) atoms. The van der Waals surface area contributed by atoms with Crippen molar-refractivity contribution >= 4 is 5.91 Å². The van der Waals surface area contributed by atoms with Gasteiger partial charge in [-0.05, 0) is 30.2 Å². The number of carbonyl (C=O) groups excluding carboxylic acids is 1. The lowest BCUT2D eigenvalue weighted by Gasteiger charge is -2.38. The van der Waals surface area contributed by atoms with Gasteiger partial charge in [-0.25, -0.2) is 0 Å². The molecule has 0 aliphatic carbocycles. The zero-order valence-corrected chi connectivity index (χ0v) is 19.7. The third-order valence-electron chi connectivity index (χ3n) is 6.77. The minimum absolute atomic E-state index is 0.238. The van der Waals surface area contributed by atoms with E-state index in [0.717, 1.165) is 76.6 Å². The van der Waals surface area contributed by atoms with E-state index < -0.39 is 0 Å². The molecule has 0 aromatic heterocycles. The monoisotopic (exact) mass is 452 g/mol. The zero-order valence-electron chi connectivity index (χ0n) is 19.7. The van der Waals surface area contributed by atoms with Crippen molar-refractivity contribution in [1.29, 1.82) is 0 Å². The summed E-state index contributed by atoms with van der Waals surface area (Å²) in [5.41, 5.74) is 2.36. The van der Waals surface area contributed by atoms with Gasteiger partial charge in [-0.2, -0.15) is 0 Å². The maximum Gasteiger partial charge on any atom is 0.236 e. The van der Waals surface area contributed by atoms with Crippen LogP contribution in [0.3, 0.4) is 0 Å². The summed E-state index contributed by atoms with van der Waals surface area (Å²) in [6, 6.07) is 15.8. The average Bonchev–Trinajstić information content (AvgIpc) is 2.85. The van der Waals surface area contributed by atoms with E-state index in [-0.39, 0.29) is 11.7 Å². The van der Waals surface area contributed by atoms with Crippen LogP contribution in [0.5, 0.6) is 11.5 Å². The third kappa shape index (κ3) is 6.69. The number of benzene rings is 2. The van der Waals surface area contributed by atoms with E-state index in [0.29, 0.717) is 13.1 Å². The summed E-state index contributed by atoms with van der Waals surface area (Å²) in [6.07, 6.45) is 1.08. The lowest BCUT2D eigenvalue weighted by Crippen LogP contribution is -2.53. The number of carbonyl (C=O) groups is 1. The molecule has 2 aromatic rings. The molecule has 2 aliphatic rings. The van der Waals surface area contributed by atoms with Gasteiger partial charge in [0.15, 0.2) is 0 Å². The van der Waals surface area contributed by atoms with E-state index in [9.17, 15) is 9.90 Å². The fourth-order valence-corrected chi connectivity index (χ4v) is 4.68. The number of aromatic hydroxyl groups is 1. The highest BCUT2D eigenvalue weighted by molar-refractivity contribution is 5.78. The summed E-state index contributed by atoms with van der Waals surface area (Å²) >= 11 is 0. The average molecular weight is 453 g/mol. The Morgan fingerprint density at radius 3 is 2.24 bits per heavy atom. The number of phenols is 1. The van der Waals surface area contributed by atoms with E-state index in [4.69, 9.17) is 4.74 Å². The second-order valence-electron chi connectivity index (χ2n) is 9.01. The molecule has 2 aliphatic heterocycles. The predicted octanol–water partition coefficient (Wildman–Crippen LogP) is 1.91. The SMILES string of the molecule is COc1ccc(O)cc1CN1CCN(C(=O)CN2CCN(CCc3ccccc3)CC2)CC1. The summed E-state index contributed by atoms with van der Waals surface area (Å²) in [5.74, 6) is 1.27. The summed E-state index contributed by atoms with van der Waals surface area (Å²) in [4.78, 5) is 22.0. The number of methoxy groups -OCH3 is 1. The van der Waals surface area contributed by atoms with Crippen LogP contribution < -0.4 is 4.74 Å². The van der Waals surface area contributed by atoms with Crippen LogP contribution in [0.15, 0.2) is 48.5 Å². The molecule has 2 aromatic carbocycles. The molecule has 7 heteroatoms. The molecule has 2 fully saturated rings. The van der Waals surface area contributed by atoms with Crippen LogP contribution in [0, 0.1) is 0 Å². The molecule has 4 rings (SSSR count). The lowest BCUT2D eigenvalue weighted by atomic mass is 10.1. The number of rotatable bonds is 8. The van der Waals surface area contributed by atoms with Gasteiger partial charge in [-0.3, -0.25) is 14.6 Å². The van der Waals surface area contributed by atoms with Crippen molar-refractivity contribution in [3.63, 3.8) is 0 Å². The van der Waals surface area contributed by atoms with Gasteiger partial charge in [0.25, 0.3) is 0 Å². The van der Waals surface area contributed by atoms with Gasteiger partial charge in [0.05, 0.1) is 13.7 Å². The second kappa shape index (κ2) is 11.5. The van der Waals surface area contributed by atoms with Gasteiger partial charge in [0, 0.05) is 71.0 Å². The molecule has 1 amide bonds. The van der Waals surface area contributed by atoms with Crippen LogP contribution in [-0.2, 0) is 17.8 Å². The molecule has 1 N–H and O–H groups in total. The minimum atomic E-state index is 0.238. The summed E-state index contributed by atoms with van der Waals surface area (Å²) in [7, 11) is 1.65. The maximum absolute atomic E-state index is 12.9. The second-order valence-corrected chi connectivity index (χ2v) is 9.01. The smallest absolute Gasteiger partial charge is 0.236 e. The van der Waals surface area contributed by atoms with Crippen LogP contribution in [-0.4, -0.2) is 103 Å². The Balaban J connectivity index is 1.16. The summed E-state index contributed by atoms with van der Waals surface area (Å²) in [5, 5.41) is 9.80. The van der Waals surface area contributed by atoms with Crippen molar-refractivity contribution < 1.29 is 14.6 Å². The van der Waals surface area contributed by atoms with Crippen molar-refractivity contribution in [3.05, 3.63) is 59.7 Å². The van der Waals surface area contributed by atoms with Crippen LogP contribution in [0.25, 0.3) is 0 Å². The summed E-state index contributed by atoms with van der Waals surface area (Å²) in [6.45, 7) is 9.44. The Kier molecular flexibility index (Phi) is 8.20. The first-order chi connectivity index (χ1) is 16.1. The first-order valence-electron chi connectivity index (χ1n) is 12.0. The first-order valence-corrected chi connectivity index (χ1v) is 12.0. The predicted molar refractivity (Wildman–Crippen MR) is 130 cm³/mol. The van der Waals surface area contributed by atoms with Gasteiger partial charge in [0.1, 0.15) is 11.5 Å². The largest absolute Gasteiger partial charge is 0.508 e. The summed E-state index contributed by atoms with van der Waals surface area (Å²) < 4.78 is 5.42. The molecular weight excluding hydrogens is 416 g/mol. The molecule has 178 valence electrons. The van der Waals surface area contributed by atoms with Crippen molar-refractivity contribution in [2.45, 2.75) is 13.0 Å². The highest BCUT2D eigenvalue weighted by Crippen LogP contribution is 2.25. The molecule has 0 spiro atoms. The van der Waals surface area contributed by atoms with Gasteiger partial charge in [0.2, 0.25) is 5.91 Å². The van der Waals surface area contributed by atoms with Crippen molar-refractivity contribution in [2.24, 2.45) is 0 Å². The molecule has 0 saturated carbocycles. The Bertz CT molecular complexity index is 892. The third-order valence-corrected chi connectivity index (χ3v) is 6.77. The molecule has 0 radical (unpaired) electrons. The molecule has 0 bridgehead atoms. The van der Waals surface area contributed by atoms with Gasteiger partial charge < -0.3 is 19.6 Å². The lowest BCUT2D eigenvalue weighted by molar-refractivity contribution is -0.134. The number of hydrogen-bond acceptors (Lipinski definition) is 6. The molecule has 7 nitrogen and oxygen atoms in total. The Morgan fingerprint density at radius 1 is 0.879 bits per heavy atom. The van der Waals surface area contributed by atoms with E-state index in [1.54, 1.807) is 25.3 Å². The highest BCUT2D eigenvalue weighted by Gasteiger charge is 2.25. The molecule has 0 atom stereocenters. The number of phenolic OH excluding ortho intramolecular Hbond substituents is 1. The van der Waals surface area contributed by atoms with E-state index in [2.05, 4.69) is 45.0 Å². The molecule has 0 unspecified atom stereocenters. The number of amides is 1. The Morgan fingerprint density at radius 2 is 1.55 bits per heavy atom. The van der Waals surface area contributed by atoms with Crippen LogP contribution in [0.2, 0.25) is 0 Å². The van der Waals surface area contributed by atoms with E-state index in [1.165, 1.54) is 5.56 Å². The van der Waals surface area contributed by atoms with Crippen molar-refractivity contribution in [1.82, 2.24) is 19.6 Å². The number of ether oxygens (including phenoxy) is 1. The molecule has 2 heterocycles. The first kappa shape index (κ1) is 23.5. The van der Waals surface area contributed by atoms with Crippen molar-refractivity contribution in [2.75, 3.05) is 72.6 Å². The van der Waals surface area contributed by atoms with Crippen LogP contribution in [0.1, 0.15) is 11.1 Å². The normalized spacial score (nSPS) is 18.4. The fourth-order valence-electron chi connectivity index (χ4n) is 4.68.